The van der Waals surface area contributed by atoms with Gasteiger partial charge >= 0.3 is 5.97 Å². The minimum Gasteiger partial charge on any atom is -0.481 e. The Hall–Kier alpha value is -1.73. The van der Waals surface area contributed by atoms with E-state index < -0.39 is 21.4 Å². The molecular weight excluding hydrogens is 330 g/mol. The summed E-state index contributed by atoms with van der Waals surface area (Å²) in [6.45, 7) is 1.98. The van der Waals surface area contributed by atoms with E-state index in [2.05, 4.69) is 0 Å². The third kappa shape index (κ3) is 2.56. The molecule has 0 spiro atoms. The first-order chi connectivity index (χ1) is 11.3. The topological polar surface area (TPSA) is 91.8 Å². The van der Waals surface area contributed by atoms with E-state index in [4.69, 9.17) is 0 Å². The average molecular weight is 351 g/mol. The molecule has 0 amide bonds. The van der Waals surface area contributed by atoms with Crippen molar-refractivity contribution >= 4 is 21.8 Å². The molecule has 2 atom stereocenters. The van der Waals surface area contributed by atoms with E-state index in [1.165, 1.54) is 16.4 Å². The Balaban J connectivity index is 1.93. The number of carbonyl (C=O) groups is 2. The predicted molar refractivity (Wildman–Crippen MR) is 87.2 cm³/mol. The first kappa shape index (κ1) is 17.1. The van der Waals surface area contributed by atoms with Gasteiger partial charge in [-0.2, -0.15) is 4.31 Å². The van der Waals surface area contributed by atoms with Crippen molar-refractivity contribution < 1.29 is 23.1 Å². The summed E-state index contributed by atoms with van der Waals surface area (Å²) in [5, 5.41) is 9.61. The van der Waals surface area contributed by atoms with E-state index >= 15 is 0 Å². The quantitative estimate of drug-likeness (QED) is 0.821. The summed E-state index contributed by atoms with van der Waals surface area (Å²) in [6.07, 6.45) is 2.39. The molecule has 6 nitrogen and oxygen atoms in total. The van der Waals surface area contributed by atoms with Crippen LogP contribution in [0.1, 0.15) is 43.0 Å². The number of ketones is 1. The van der Waals surface area contributed by atoms with Crippen LogP contribution in [0.15, 0.2) is 29.2 Å². The van der Waals surface area contributed by atoms with Crippen molar-refractivity contribution in [1.82, 2.24) is 4.31 Å². The summed E-state index contributed by atoms with van der Waals surface area (Å²) in [5.74, 6) is -1.16. The van der Waals surface area contributed by atoms with Crippen LogP contribution in [0.2, 0.25) is 0 Å². The summed E-state index contributed by atoms with van der Waals surface area (Å²) in [5.41, 5.74) is -0.588. The molecule has 1 aromatic rings. The van der Waals surface area contributed by atoms with E-state index in [-0.39, 0.29) is 29.7 Å². The summed E-state index contributed by atoms with van der Waals surface area (Å²) >= 11 is 0. The molecule has 1 saturated carbocycles. The second-order valence-electron chi connectivity index (χ2n) is 6.65. The van der Waals surface area contributed by atoms with Gasteiger partial charge in [-0.15, -0.1) is 0 Å². The molecule has 0 unspecified atom stereocenters. The van der Waals surface area contributed by atoms with Gasteiger partial charge in [0.2, 0.25) is 10.0 Å². The number of benzene rings is 1. The Kier molecular flexibility index (Phi) is 4.25. The van der Waals surface area contributed by atoms with Crippen molar-refractivity contribution in [1.29, 1.82) is 0 Å². The zero-order chi connectivity index (χ0) is 17.5. The highest BCUT2D eigenvalue weighted by atomic mass is 32.2. The first-order valence-electron chi connectivity index (χ1n) is 8.18. The normalized spacial score (nSPS) is 27.1. The highest BCUT2D eigenvalue weighted by Gasteiger charge is 2.57. The lowest BCUT2D eigenvalue weighted by atomic mass is 9.81. The van der Waals surface area contributed by atoms with E-state index in [9.17, 15) is 23.1 Å². The Bertz CT molecular complexity index is 788. The predicted octanol–water partition coefficient (Wildman–Crippen LogP) is 2.15. The number of carboxylic acid groups (broad SMARTS) is 1. The number of Topliss-reactive ketones (excluding diaryl/α,β-unsaturated/α-hetero) is 1. The molecule has 24 heavy (non-hydrogen) atoms. The molecule has 0 bridgehead atoms. The lowest BCUT2D eigenvalue weighted by molar-refractivity contribution is -0.149. The van der Waals surface area contributed by atoms with Crippen LogP contribution in [0.5, 0.6) is 0 Å². The first-order valence-corrected chi connectivity index (χ1v) is 9.62. The average Bonchev–Trinajstić information content (AvgIpc) is 3.12. The van der Waals surface area contributed by atoms with Gasteiger partial charge < -0.3 is 5.11 Å². The molecule has 1 aliphatic carbocycles. The minimum absolute atomic E-state index is 0.0152. The fourth-order valence-corrected chi connectivity index (χ4v) is 5.56. The second-order valence-corrected chi connectivity index (χ2v) is 8.59. The molecule has 7 heteroatoms. The number of carboxylic acids is 1. The van der Waals surface area contributed by atoms with Gasteiger partial charge in [0.25, 0.3) is 0 Å². The molecule has 2 aliphatic rings. The molecule has 1 aliphatic heterocycles. The molecule has 3 rings (SSSR count). The SMILES string of the molecule is CCC(=O)c1cccc(S(=O)(=O)N2C[C@@H]3CCC[C@@]3(C(=O)O)C2)c1. The van der Waals surface area contributed by atoms with Gasteiger partial charge in [-0.25, -0.2) is 8.42 Å². The van der Waals surface area contributed by atoms with E-state index in [0.29, 0.717) is 18.4 Å². The molecule has 0 aromatic heterocycles. The number of hydrogen-bond acceptors (Lipinski definition) is 4. The van der Waals surface area contributed by atoms with Crippen molar-refractivity contribution in [3.8, 4) is 0 Å². The number of nitrogens with zero attached hydrogens (tertiary/aromatic N) is 1. The van der Waals surface area contributed by atoms with E-state index in [0.717, 1.165) is 12.8 Å². The smallest absolute Gasteiger partial charge is 0.311 e. The van der Waals surface area contributed by atoms with Crippen LogP contribution in [0.25, 0.3) is 0 Å². The van der Waals surface area contributed by atoms with Gasteiger partial charge in [0, 0.05) is 25.1 Å². The monoisotopic (exact) mass is 351 g/mol. The van der Waals surface area contributed by atoms with Crippen LogP contribution in [0, 0.1) is 11.3 Å². The molecule has 1 aromatic carbocycles. The highest BCUT2D eigenvalue weighted by Crippen LogP contribution is 2.50. The van der Waals surface area contributed by atoms with Crippen molar-refractivity contribution in [2.75, 3.05) is 13.1 Å². The summed E-state index contributed by atoms with van der Waals surface area (Å²) in [6, 6.07) is 6.01. The van der Waals surface area contributed by atoms with Gasteiger partial charge in [0.1, 0.15) is 0 Å². The van der Waals surface area contributed by atoms with Crippen molar-refractivity contribution in [2.24, 2.45) is 11.3 Å². The molecular formula is C17H21NO5S. The van der Waals surface area contributed by atoms with Gasteiger partial charge in [-0.05, 0) is 30.9 Å². The molecule has 1 saturated heterocycles. The van der Waals surface area contributed by atoms with Crippen molar-refractivity contribution in [3.63, 3.8) is 0 Å². The third-order valence-corrected chi connectivity index (χ3v) is 7.19. The van der Waals surface area contributed by atoms with Crippen LogP contribution >= 0.6 is 0 Å². The standard InChI is InChI=1S/C17H21NO5S/c1-2-15(19)12-5-3-7-14(9-12)24(22,23)18-10-13-6-4-8-17(13,11-18)16(20)21/h3,5,7,9,13H,2,4,6,8,10-11H2,1H3,(H,20,21)/t13-,17+/m0/s1. The van der Waals surface area contributed by atoms with E-state index in [1.807, 2.05) is 0 Å². The van der Waals surface area contributed by atoms with Gasteiger partial charge in [-0.3, -0.25) is 9.59 Å². The fraction of sp³-hybridized carbons (Fsp3) is 0.529. The fourth-order valence-electron chi connectivity index (χ4n) is 3.96. The van der Waals surface area contributed by atoms with Crippen LogP contribution in [-0.4, -0.2) is 42.7 Å². The van der Waals surface area contributed by atoms with Crippen molar-refractivity contribution in [2.45, 2.75) is 37.5 Å². The maximum atomic E-state index is 12.9. The molecule has 2 fully saturated rings. The Morgan fingerprint density at radius 1 is 1.38 bits per heavy atom. The maximum Gasteiger partial charge on any atom is 0.311 e. The lowest BCUT2D eigenvalue weighted by Gasteiger charge is -2.23. The number of sulfonamides is 1. The zero-order valence-corrected chi connectivity index (χ0v) is 14.4. The summed E-state index contributed by atoms with van der Waals surface area (Å²) in [7, 11) is -3.80. The third-order valence-electron chi connectivity index (χ3n) is 5.38. The van der Waals surface area contributed by atoms with E-state index in [1.54, 1.807) is 19.1 Å². The van der Waals surface area contributed by atoms with Gasteiger partial charge in [0.05, 0.1) is 10.3 Å². The Morgan fingerprint density at radius 3 is 2.75 bits per heavy atom. The minimum atomic E-state index is -3.80. The van der Waals surface area contributed by atoms with Crippen LogP contribution in [0.3, 0.4) is 0 Å². The number of fused-ring (bicyclic) bond motifs is 1. The molecule has 1 heterocycles. The molecule has 130 valence electrons. The van der Waals surface area contributed by atoms with Crippen LogP contribution in [0.4, 0.5) is 0 Å². The zero-order valence-electron chi connectivity index (χ0n) is 13.6. The number of rotatable bonds is 5. The van der Waals surface area contributed by atoms with Crippen molar-refractivity contribution in [3.05, 3.63) is 29.8 Å². The van der Waals surface area contributed by atoms with Crippen LogP contribution in [-0.2, 0) is 14.8 Å². The number of carbonyl (C=O) groups excluding carboxylic acids is 1. The summed E-state index contributed by atoms with van der Waals surface area (Å²) < 4.78 is 27.1. The highest BCUT2D eigenvalue weighted by molar-refractivity contribution is 7.89. The molecule has 1 N–H and O–H groups in total. The Morgan fingerprint density at radius 2 is 2.12 bits per heavy atom. The molecule has 0 radical (unpaired) electrons. The van der Waals surface area contributed by atoms with Crippen LogP contribution < -0.4 is 0 Å². The largest absolute Gasteiger partial charge is 0.481 e. The lowest BCUT2D eigenvalue weighted by Crippen LogP contribution is -2.37. The number of hydrogen-bond donors (Lipinski definition) is 1. The van der Waals surface area contributed by atoms with Gasteiger partial charge in [-0.1, -0.05) is 25.5 Å². The Labute approximate surface area is 141 Å². The summed E-state index contributed by atoms with van der Waals surface area (Å²) in [4.78, 5) is 23.6. The number of aliphatic carboxylic acids is 1. The second kappa shape index (κ2) is 5.97. The van der Waals surface area contributed by atoms with Gasteiger partial charge in [0.15, 0.2) is 5.78 Å². The maximum absolute atomic E-state index is 12.9.